The monoisotopic (exact) mass is 140 g/mol. The van der Waals surface area contributed by atoms with Crippen molar-refractivity contribution < 1.29 is 0 Å². The van der Waals surface area contributed by atoms with Gasteiger partial charge in [-0.05, 0) is 13.5 Å². The van der Waals surface area contributed by atoms with E-state index >= 15 is 0 Å². The minimum absolute atomic E-state index is 0.473. The molecule has 0 amide bonds. The molecule has 0 spiro atoms. The Morgan fingerprint density at radius 1 is 1.70 bits per heavy atom. The second-order valence-electron chi connectivity index (χ2n) is 2.21. The van der Waals surface area contributed by atoms with Crippen LogP contribution >= 0.6 is 0 Å². The van der Waals surface area contributed by atoms with Gasteiger partial charge in [0.2, 0.25) is 0 Å². The molecule has 1 unspecified atom stereocenters. The molecule has 0 aliphatic rings. The summed E-state index contributed by atoms with van der Waals surface area (Å²) < 4.78 is 0. The Kier molecular flexibility index (Phi) is 6.08. The third kappa shape index (κ3) is 5.51. The number of nitrogens with zero attached hydrogens (tertiary/aromatic N) is 1. The highest BCUT2D eigenvalue weighted by atomic mass is 14.9. The topological polar surface area (TPSA) is 24.4 Å². The molecule has 0 aliphatic carbocycles. The number of likely N-dealkylation sites (N-methyl/N-ethyl adjacent to an activating group) is 1. The standard InChI is InChI=1S/C8H16N2/c1-4-6-9-7-8(3)10-5-2/h4,6,8,10H,1,5,7H2,2-3H3/b9-6-. The molecule has 0 rings (SSSR count). The van der Waals surface area contributed by atoms with Gasteiger partial charge in [-0.3, -0.25) is 4.99 Å². The summed E-state index contributed by atoms with van der Waals surface area (Å²) in [7, 11) is 0. The summed E-state index contributed by atoms with van der Waals surface area (Å²) in [6.07, 6.45) is 3.42. The zero-order valence-corrected chi connectivity index (χ0v) is 6.80. The van der Waals surface area contributed by atoms with Crippen LogP contribution in [-0.2, 0) is 0 Å². The van der Waals surface area contributed by atoms with Gasteiger partial charge >= 0.3 is 0 Å². The summed E-state index contributed by atoms with van der Waals surface area (Å²) in [4.78, 5) is 4.10. The molecule has 0 aromatic rings. The lowest BCUT2D eigenvalue weighted by atomic mass is 10.3. The lowest BCUT2D eigenvalue weighted by molar-refractivity contribution is 0.578. The van der Waals surface area contributed by atoms with Gasteiger partial charge in [-0.25, -0.2) is 0 Å². The molecule has 0 radical (unpaired) electrons. The summed E-state index contributed by atoms with van der Waals surface area (Å²) in [6.45, 7) is 9.58. The predicted octanol–water partition coefficient (Wildman–Crippen LogP) is 1.24. The maximum absolute atomic E-state index is 4.10. The van der Waals surface area contributed by atoms with Crippen molar-refractivity contribution in [3.63, 3.8) is 0 Å². The average Bonchev–Trinajstić information content (AvgIpc) is 1.89. The quantitative estimate of drug-likeness (QED) is 0.571. The predicted molar refractivity (Wildman–Crippen MR) is 46.7 cm³/mol. The van der Waals surface area contributed by atoms with Crippen molar-refractivity contribution >= 4 is 6.21 Å². The largest absolute Gasteiger partial charge is 0.313 e. The molecule has 0 saturated heterocycles. The molecule has 0 bridgehead atoms. The van der Waals surface area contributed by atoms with Crippen molar-refractivity contribution in [2.45, 2.75) is 19.9 Å². The molecule has 2 nitrogen and oxygen atoms in total. The van der Waals surface area contributed by atoms with Gasteiger partial charge in [0.25, 0.3) is 0 Å². The van der Waals surface area contributed by atoms with Crippen molar-refractivity contribution in [2.75, 3.05) is 13.1 Å². The van der Waals surface area contributed by atoms with Crippen LogP contribution in [0.4, 0.5) is 0 Å². The van der Waals surface area contributed by atoms with Crippen LogP contribution in [0.3, 0.4) is 0 Å². The summed E-state index contributed by atoms with van der Waals surface area (Å²) in [5.41, 5.74) is 0. The zero-order chi connectivity index (χ0) is 7.82. The molecule has 58 valence electrons. The van der Waals surface area contributed by atoms with Crippen molar-refractivity contribution in [3.05, 3.63) is 12.7 Å². The van der Waals surface area contributed by atoms with Gasteiger partial charge in [0.05, 0.1) is 6.54 Å². The van der Waals surface area contributed by atoms with Crippen LogP contribution in [0.2, 0.25) is 0 Å². The molecule has 0 aromatic carbocycles. The Hall–Kier alpha value is -0.630. The molecule has 2 heteroatoms. The molecule has 0 aliphatic heterocycles. The van der Waals surface area contributed by atoms with Gasteiger partial charge in [0, 0.05) is 12.3 Å². The third-order valence-corrected chi connectivity index (χ3v) is 1.14. The number of allylic oxidation sites excluding steroid dienone is 1. The van der Waals surface area contributed by atoms with Crippen LogP contribution in [0, 0.1) is 0 Å². The minimum Gasteiger partial charge on any atom is -0.313 e. The van der Waals surface area contributed by atoms with E-state index in [9.17, 15) is 0 Å². The minimum atomic E-state index is 0.473. The summed E-state index contributed by atoms with van der Waals surface area (Å²) in [5, 5.41) is 3.26. The van der Waals surface area contributed by atoms with Gasteiger partial charge in [0.1, 0.15) is 0 Å². The van der Waals surface area contributed by atoms with E-state index in [1.54, 1.807) is 12.3 Å². The molecule has 0 saturated carbocycles. The van der Waals surface area contributed by atoms with Crippen LogP contribution in [0.15, 0.2) is 17.6 Å². The van der Waals surface area contributed by atoms with Gasteiger partial charge in [-0.2, -0.15) is 0 Å². The van der Waals surface area contributed by atoms with E-state index in [1.165, 1.54) is 0 Å². The first kappa shape index (κ1) is 9.37. The molecule has 10 heavy (non-hydrogen) atoms. The van der Waals surface area contributed by atoms with E-state index in [4.69, 9.17) is 0 Å². The zero-order valence-electron chi connectivity index (χ0n) is 6.80. The Morgan fingerprint density at radius 2 is 2.40 bits per heavy atom. The first-order chi connectivity index (χ1) is 4.81. The van der Waals surface area contributed by atoms with Gasteiger partial charge in [0.15, 0.2) is 0 Å². The van der Waals surface area contributed by atoms with E-state index < -0.39 is 0 Å². The van der Waals surface area contributed by atoms with Crippen LogP contribution in [0.25, 0.3) is 0 Å². The summed E-state index contributed by atoms with van der Waals surface area (Å²) in [6, 6.07) is 0.473. The van der Waals surface area contributed by atoms with Crippen LogP contribution in [0.5, 0.6) is 0 Å². The molecule has 1 atom stereocenters. The fourth-order valence-electron chi connectivity index (χ4n) is 0.707. The van der Waals surface area contributed by atoms with Crippen molar-refractivity contribution in [1.29, 1.82) is 0 Å². The Balaban J connectivity index is 3.28. The van der Waals surface area contributed by atoms with E-state index in [0.29, 0.717) is 6.04 Å². The summed E-state index contributed by atoms with van der Waals surface area (Å²) in [5.74, 6) is 0. The normalized spacial score (nSPS) is 13.8. The second-order valence-corrected chi connectivity index (χ2v) is 2.21. The molecule has 1 N–H and O–H groups in total. The molecular weight excluding hydrogens is 124 g/mol. The van der Waals surface area contributed by atoms with E-state index in [0.717, 1.165) is 13.1 Å². The number of nitrogens with one attached hydrogen (secondary N) is 1. The highest BCUT2D eigenvalue weighted by molar-refractivity contribution is 5.69. The Labute approximate surface area is 63.0 Å². The fraction of sp³-hybridized carbons (Fsp3) is 0.625. The second kappa shape index (κ2) is 6.49. The maximum Gasteiger partial charge on any atom is 0.0540 e. The number of hydrogen-bond donors (Lipinski definition) is 1. The molecule has 0 heterocycles. The highest BCUT2D eigenvalue weighted by Gasteiger charge is 1.93. The van der Waals surface area contributed by atoms with Crippen molar-refractivity contribution in [2.24, 2.45) is 4.99 Å². The Bertz CT molecular complexity index is 108. The maximum atomic E-state index is 4.10. The van der Waals surface area contributed by atoms with E-state index in [2.05, 4.69) is 30.7 Å². The van der Waals surface area contributed by atoms with Gasteiger partial charge in [-0.15, -0.1) is 0 Å². The van der Waals surface area contributed by atoms with Gasteiger partial charge < -0.3 is 5.32 Å². The molecule has 0 fully saturated rings. The summed E-state index contributed by atoms with van der Waals surface area (Å²) >= 11 is 0. The first-order valence-electron chi connectivity index (χ1n) is 3.65. The van der Waals surface area contributed by atoms with Crippen molar-refractivity contribution in [1.82, 2.24) is 5.32 Å². The lowest BCUT2D eigenvalue weighted by Gasteiger charge is -2.07. The SMILES string of the molecule is C=C/C=N\CC(C)NCC. The van der Waals surface area contributed by atoms with Crippen LogP contribution in [-0.4, -0.2) is 25.3 Å². The Morgan fingerprint density at radius 3 is 2.90 bits per heavy atom. The number of hydrogen-bond acceptors (Lipinski definition) is 2. The van der Waals surface area contributed by atoms with E-state index in [-0.39, 0.29) is 0 Å². The molecule has 0 aromatic heterocycles. The first-order valence-corrected chi connectivity index (χ1v) is 3.65. The molecular formula is C8H16N2. The highest BCUT2D eigenvalue weighted by Crippen LogP contribution is 1.80. The fourth-order valence-corrected chi connectivity index (χ4v) is 0.707. The third-order valence-electron chi connectivity index (χ3n) is 1.14. The van der Waals surface area contributed by atoms with Gasteiger partial charge in [-0.1, -0.05) is 19.6 Å². The average molecular weight is 140 g/mol. The number of rotatable bonds is 5. The lowest BCUT2D eigenvalue weighted by Crippen LogP contribution is -2.28. The van der Waals surface area contributed by atoms with E-state index in [1.807, 2.05) is 0 Å². The number of aliphatic imine (C=N–C) groups is 1. The smallest absolute Gasteiger partial charge is 0.0540 e. The van der Waals surface area contributed by atoms with Crippen molar-refractivity contribution in [3.8, 4) is 0 Å². The van der Waals surface area contributed by atoms with Crippen LogP contribution in [0.1, 0.15) is 13.8 Å². The van der Waals surface area contributed by atoms with Crippen LogP contribution < -0.4 is 5.32 Å².